The zero-order valence-electron chi connectivity index (χ0n) is 9.76. The number of carboxylic acid groups (broad SMARTS) is 1. The Hall–Kier alpha value is -1.32. The highest BCUT2D eigenvalue weighted by Crippen LogP contribution is 2.58. The van der Waals surface area contributed by atoms with Crippen LogP contribution in [-0.4, -0.2) is 23.7 Å². The number of carbonyl (C=O) groups excluding carboxylic acids is 1. The molecule has 0 amide bonds. The lowest BCUT2D eigenvalue weighted by Gasteiger charge is -2.26. The molecule has 4 heteroatoms. The fourth-order valence-corrected chi connectivity index (χ4v) is 4.00. The number of hydrogen-bond donors (Lipinski definition) is 1. The lowest BCUT2D eigenvalue weighted by Crippen LogP contribution is -2.28. The van der Waals surface area contributed by atoms with Gasteiger partial charge in [0, 0.05) is 11.5 Å². The molecule has 0 aromatic rings. The molecule has 1 saturated heterocycles. The average molecular weight is 236 g/mol. The third-order valence-electron chi connectivity index (χ3n) is 4.71. The fraction of sp³-hybridized carbons (Fsp3) is 0.692. The molecule has 3 rings (SSSR count). The van der Waals surface area contributed by atoms with Crippen molar-refractivity contribution < 1.29 is 19.4 Å². The van der Waals surface area contributed by atoms with Crippen LogP contribution in [0.4, 0.5) is 0 Å². The molecular formula is C13H16O4. The van der Waals surface area contributed by atoms with Gasteiger partial charge in [0.05, 0.1) is 12.5 Å². The number of allylic oxidation sites excluding steroid dienone is 1. The van der Waals surface area contributed by atoms with E-state index in [0.717, 1.165) is 12.8 Å². The molecule has 2 saturated carbocycles. The molecule has 4 nitrogen and oxygen atoms in total. The second kappa shape index (κ2) is 3.59. The molecule has 92 valence electrons. The van der Waals surface area contributed by atoms with Crippen LogP contribution in [0.3, 0.4) is 0 Å². The maximum absolute atomic E-state index is 11.6. The fourth-order valence-electron chi connectivity index (χ4n) is 4.00. The third-order valence-corrected chi connectivity index (χ3v) is 4.71. The summed E-state index contributed by atoms with van der Waals surface area (Å²) >= 11 is 0. The SMILES string of the molecule is CC(=CC1CC2CC1C1COC(=O)C21)C(=O)O. The van der Waals surface area contributed by atoms with Gasteiger partial charge in [0.25, 0.3) is 0 Å². The van der Waals surface area contributed by atoms with Crippen LogP contribution in [0.5, 0.6) is 0 Å². The highest BCUT2D eigenvalue weighted by molar-refractivity contribution is 5.85. The Kier molecular flexibility index (Phi) is 2.28. The van der Waals surface area contributed by atoms with Crippen molar-refractivity contribution in [3.63, 3.8) is 0 Å². The minimum absolute atomic E-state index is 0.0279. The second-order valence-corrected chi connectivity index (χ2v) is 5.53. The molecule has 5 unspecified atom stereocenters. The standard InChI is InChI=1S/C13H16O4/c1-6(12(14)15)2-7-3-8-4-9(7)10-5-17-13(16)11(8)10/h2,7-11H,3-5H2,1H3,(H,14,15). The molecule has 3 aliphatic rings. The van der Waals surface area contributed by atoms with E-state index < -0.39 is 5.97 Å². The molecule has 1 aliphatic heterocycles. The Morgan fingerprint density at radius 2 is 2.18 bits per heavy atom. The van der Waals surface area contributed by atoms with E-state index in [4.69, 9.17) is 9.84 Å². The molecule has 1 heterocycles. The van der Waals surface area contributed by atoms with Crippen molar-refractivity contribution in [3.05, 3.63) is 11.6 Å². The zero-order chi connectivity index (χ0) is 12.2. The van der Waals surface area contributed by atoms with E-state index in [9.17, 15) is 9.59 Å². The van der Waals surface area contributed by atoms with Gasteiger partial charge in [-0.05, 0) is 37.5 Å². The Balaban J connectivity index is 1.80. The summed E-state index contributed by atoms with van der Waals surface area (Å²) in [7, 11) is 0. The second-order valence-electron chi connectivity index (χ2n) is 5.53. The zero-order valence-corrected chi connectivity index (χ0v) is 9.76. The molecular weight excluding hydrogens is 220 g/mol. The number of fused-ring (bicyclic) bond motifs is 5. The minimum Gasteiger partial charge on any atom is -0.478 e. The first-order valence-corrected chi connectivity index (χ1v) is 6.16. The number of aliphatic carboxylic acids is 1. The Morgan fingerprint density at radius 1 is 1.41 bits per heavy atom. The summed E-state index contributed by atoms with van der Waals surface area (Å²) < 4.78 is 5.13. The maximum Gasteiger partial charge on any atom is 0.330 e. The molecule has 1 N–H and O–H groups in total. The van der Waals surface area contributed by atoms with Crippen LogP contribution in [0.25, 0.3) is 0 Å². The summed E-state index contributed by atoms with van der Waals surface area (Å²) in [4.78, 5) is 22.4. The van der Waals surface area contributed by atoms with Crippen LogP contribution in [0.1, 0.15) is 19.8 Å². The Morgan fingerprint density at radius 3 is 2.88 bits per heavy atom. The predicted molar refractivity (Wildman–Crippen MR) is 59.0 cm³/mol. The first kappa shape index (κ1) is 10.8. The number of cyclic esters (lactones) is 1. The van der Waals surface area contributed by atoms with Crippen molar-refractivity contribution in [2.75, 3.05) is 6.61 Å². The van der Waals surface area contributed by atoms with Crippen molar-refractivity contribution in [2.24, 2.45) is 29.6 Å². The van der Waals surface area contributed by atoms with E-state index >= 15 is 0 Å². The smallest absolute Gasteiger partial charge is 0.330 e. The van der Waals surface area contributed by atoms with Gasteiger partial charge in [0.2, 0.25) is 0 Å². The highest BCUT2D eigenvalue weighted by atomic mass is 16.5. The molecule has 0 aromatic carbocycles. The van der Waals surface area contributed by atoms with Gasteiger partial charge >= 0.3 is 11.9 Å². The molecule has 3 fully saturated rings. The number of esters is 1. The number of carboxylic acids is 1. The largest absolute Gasteiger partial charge is 0.478 e. The summed E-state index contributed by atoms with van der Waals surface area (Å²) in [6.45, 7) is 2.18. The van der Waals surface area contributed by atoms with Gasteiger partial charge < -0.3 is 9.84 Å². The van der Waals surface area contributed by atoms with Gasteiger partial charge in [0.15, 0.2) is 0 Å². The minimum atomic E-state index is -0.844. The van der Waals surface area contributed by atoms with Crippen LogP contribution in [0.15, 0.2) is 11.6 Å². The Bertz CT molecular complexity index is 412. The topological polar surface area (TPSA) is 63.6 Å². The molecule has 0 aromatic heterocycles. The summed E-state index contributed by atoms with van der Waals surface area (Å²) in [5.41, 5.74) is 0.421. The monoisotopic (exact) mass is 236 g/mol. The van der Waals surface area contributed by atoms with Gasteiger partial charge in [0.1, 0.15) is 0 Å². The van der Waals surface area contributed by atoms with E-state index in [1.807, 2.05) is 6.08 Å². The van der Waals surface area contributed by atoms with E-state index in [0.29, 0.717) is 35.9 Å². The van der Waals surface area contributed by atoms with Crippen molar-refractivity contribution in [1.29, 1.82) is 0 Å². The summed E-state index contributed by atoms with van der Waals surface area (Å²) in [6, 6.07) is 0. The van der Waals surface area contributed by atoms with Crippen LogP contribution in [0.2, 0.25) is 0 Å². The number of carbonyl (C=O) groups is 2. The molecule has 17 heavy (non-hydrogen) atoms. The molecule has 0 spiro atoms. The molecule has 0 radical (unpaired) electrons. The van der Waals surface area contributed by atoms with Gasteiger partial charge in [-0.25, -0.2) is 4.79 Å². The van der Waals surface area contributed by atoms with E-state index in [1.54, 1.807) is 6.92 Å². The average Bonchev–Trinajstić information content (AvgIpc) is 2.90. The third kappa shape index (κ3) is 1.50. The lowest BCUT2D eigenvalue weighted by atomic mass is 9.75. The van der Waals surface area contributed by atoms with Crippen molar-refractivity contribution in [2.45, 2.75) is 19.8 Å². The van der Waals surface area contributed by atoms with E-state index in [1.165, 1.54) is 0 Å². The van der Waals surface area contributed by atoms with Gasteiger partial charge in [-0.15, -0.1) is 0 Å². The van der Waals surface area contributed by atoms with Crippen molar-refractivity contribution in [1.82, 2.24) is 0 Å². The normalized spacial score (nSPS) is 43.7. The Labute approximate surface area is 99.6 Å². The van der Waals surface area contributed by atoms with Crippen LogP contribution < -0.4 is 0 Å². The first-order chi connectivity index (χ1) is 8.08. The summed E-state index contributed by atoms with van der Waals surface area (Å²) in [5, 5.41) is 8.89. The van der Waals surface area contributed by atoms with Gasteiger partial charge in [-0.2, -0.15) is 0 Å². The van der Waals surface area contributed by atoms with Gasteiger partial charge in [-0.1, -0.05) is 6.08 Å². The van der Waals surface area contributed by atoms with Crippen LogP contribution >= 0.6 is 0 Å². The number of rotatable bonds is 2. The molecule has 2 aliphatic carbocycles. The quantitative estimate of drug-likeness (QED) is 0.582. The van der Waals surface area contributed by atoms with E-state index in [2.05, 4.69) is 0 Å². The summed E-state index contributed by atoms with van der Waals surface area (Å²) in [6.07, 6.45) is 3.90. The van der Waals surface area contributed by atoms with E-state index in [-0.39, 0.29) is 11.9 Å². The summed E-state index contributed by atoms with van der Waals surface area (Å²) in [5.74, 6) is 0.766. The van der Waals surface area contributed by atoms with Crippen molar-refractivity contribution in [3.8, 4) is 0 Å². The molecule has 2 bridgehead atoms. The van der Waals surface area contributed by atoms with Crippen LogP contribution in [0, 0.1) is 29.6 Å². The highest BCUT2D eigenvalue weighted by Gasteiger charge is 2.58. The number of hydrogen-bond acceptors (Lipinski definition) is 3. The maximum atomic E-state index is 11.6. The van der Waals surface area contributed by atoms with Crippen molar-refractivity contribution >= 4 is 11.9 Å². The predicted octanol–water partition coefficient (Wildman–Crippen LogP) is 1.46. The first-order valence-electron chi connectivity index (χ1n) is 6.16. The van der Waals surface area contributed by atoms with Gasteiger partial charge in [-0.3, -0.25) is 4.79 Å². The molecule has 5 atom stereocenters. The number of ether oxygens (including phenoxy) is 1. The lowest BCUT2D eigenvalue weighted by molar-refractivity contribution is -0.142. The van der Waals surface area contributed by atoms with Crippen LogP contribution in [-0.2, 0) is 14.3 Å².